The number of rotatable bonds is 4. The Bertz CT molecular complexity index is 260. The summed E-state index contributed by atoms with van der Waals surface area (Å²) in [6, 6.07) is 4.30. The van der Waals surface area contributed by atoms with Crippen LogP contribution in [0.2, 0.25) is 17.3 Å². The molecule has 3 heteroatoms. The fourth-order valence-corrected chi connectivity index (χ4v) is 3.67. The Hall–Kier alpha value is -0.737. The van der Waals surface area contributed by atoms with Crippen molar-refractivity contribution >= 4 is 13.3 Å². The molecular weight excluding hydrogens is 221 g/mol. The molecular formula is C10H16GeN2. The molecule has 0 aromatic heterocycles. The third-order valence-electron chi connectivity index (χ3n) is 1.49. The summed E-state index contributed by atoms with van der Waals surface area (Å²) in [4.78, 5) is 2.16. The fourth-order valence-electron chi connectivity index (χ4n) is 1.04. The Balaban J connectivity index is 4.15. The normalized spacial score (nSPS) is 11.9. The van der Waals surface area contributed by atoms with E-state index in [1.54, 1.807) is 0 Å². The number of hydrogen-bond donors (Lipinski definition) is 0. The second-order valence-electron chi connectivity index (χ2n) is 4.16. The molecule has 0 unspecified atom stereocenters. The van der Waals surface area contributed by atoms with Gasteiger partial charge in [-0.1, -0.05) is 0 Å². The van der Waals surface area contributed by atoms with E-state index in [1.165, 1.54) is 0 Å². The van der Waals surface area contributed by atoms with Gasteiger partial charge in [0.15, 0.2) is 0 Å². The molecule has 0 saturated carbocycles. The van der Waals surface area contributed by atoms with Gasteiger partial charge in [0, 0.05) is 0 Å². The first-order valence-corrected chi connectivity index (χ1v) is 12.0. The Morgan fingerprint density at radius 3 is 2.31 bits per heavy atom. The van der Waals surface area contributed by atoms with Crippen molar-refractivity contribution in [1.82, 2.24) is 0 Å². The third kappa shape index (κ3) is 7.62. The summed E-state index contributed by atoms with van der Waals surface area (Å²) in [5.41, 5.74) is 0.878. The minimum absolute atomic E-state index is 0.552. The molecule has 0 aliphatic rings. The Labute approximate surface area is 83.2 Å². The van der Waals surface area contributed by atoms with Gasteiger partial charge in [0.05, 0.1) is 0 Å². The monoisotopic (exact) mass is 238 g/mol. The minimum atomic E-state index is -1.73. The third-order valence-corrected chi connectivity index (χ3v) is 4.03. The van der Waals surface area contributed by atoms with E-state index < -0.39 is 13.3 Å². The van der Waals surface area contributed by atoms with E-state index in [1.807, 2.05) is 0 Å². The molecule has 0 radical (unpaired) electrons. The molecule has 0 aliphatic heterocycles. The van der Waals surface area contributed by atoms with Gasteiger partial charge in [-0.15, -0.1) is 0 Å². The molecule has 0 N–H and O–H groups in total. The van der Waals surface area contributed by atoms with E-state index >= 15 is 0 Å². The number of nitriles is 2. The quantitative estimate of drug-likeness (QED) is 0.428. The van der Waals surface area contributed by atoms with Gasteiger partial charge >= 0.3 is 82.9 Å². The average Bonchev–Trinajstić information content (AvgIpc) is 2.01. The summed E-state index contributed by atoms with van der Waals surface area (Å²) < 4.78 is 0. The molecule has 0 atom stereocenters. The number of nitrogens with zero attached hydrogens (tertiary/aromatic N) is 2. The molecule has 0 aromatic carbocycles. The molecule has 0 rings (SSSR count). The van der Waals surface area contributed by atoms with Crippen LogP contribution in [0, 0.1) is 22.7 Å². The average molecular weight is 237 g/mol. The van der Waals surface area contributed by atoms with Gasteiger partial charge in [-0.25, -0.2) is 0 Å². The van der Waals surface area contributed by atoms with Crippen molar-refractivity contribution in [2.45, 2.75) is 36.5 Å². The summed E-state index contributed by atoms with van der Waals surface area (Å²) >= 11 is -1.73. The first kappa shape index (κ1) is 12.3. The fraction of sp³-hybridized carbons (Fsp3) is 0.600. The Kier molecular flexibility index (Phi) is 5.50. The summed E-state index contributed by atoms with van der Waals surface area (Å²) in [6.07, 6.45) is 2.14. The molecule has 13 heavy (non-hydrogen) atoms. The van der Waals surface area contributed by atoms with Crippen LogP contribution in [0.4, 0.5) is 0 Å². The van der Waals surface area contributed by atoms with E-state index in [0.29, 0.717) is 6.42 Å². The molecule has 70 valence electrons. The molecule has 0 aromatic rings. The molecule has 0 heterocycles. The van der Waals surface area contributed by atoms with Crippen LogP contribution in [0.25, 0.3) is 0 Å². The summed E-state index contributed by atoms with van der Waals surface area (Å²) in [6.45, 7) is 0. The topological polar surface area (TPSA) is 47.6 Å². The number of unbranched alkanes of at least 4 members (excludes halogenated alkanes) is 1. The van der Waals surface area contributed by atoms with E-state index in [0.717, 1.165) is 18.4 Å². The predicted molar refractivity (Wildman–Crippen MR) is 56.5 cm³/mol. The molecule has 2 nitrogen and oxygen atoms in total. The van der Waals surface area contributed by atoms with Crippen LogP contribution in [-0.2, 0) is 0 Å². The standard InChI is InChI=1S/C10H16GeN2/c1-11(2,3)8-10(9-13)6-4-5-7-12/h8H,4-6H2,1-3H3/b10-8-. The van der Waals surface area contributed by atoms with Crippen molar-refractivity contribution in [3.8, 4) is 12.1 Å². The zero-order valence-corrected chi connectivity index (χ0v) is 10.7. The van der Waals surface area contributed by atoms with Crippen LogP contribution in [0.15, 0.2) is 10.5 Å². The first-order valence-electron chi connectivity index (χ1n) is 4.48. The van der Waals surface area contributed by atoms with Gasteiger partial charge in [0.2, 0.25) is 0 Å². The molecule has 0 spiro atoms. The van der Waals surface area contributed by atoms with E-state index in [-0.39, 0.29) is 0 Å². The van der Waals surface area contributed by atoms with Crippen LogP contribution in [-0.4, -0.2) is 13.3 Å². The Morgan fingerprint density at radius 2 is 1.92 bits per heavy atom. The summed E-state index contributed by atoms with van der Waals surface area (Å²) in [7, 11) is 0. The zero-order valence-electron chi connectivity index (χ0n) is 8.59. The van der Waals surface area contributed by atoms with E-state index in [9.17, 15) is 0 Å². The number of hydrogen-bond acceptors (Lipinski definition) is 2. The van der Waals surface area contributed by atoms with Crippen molar-refractivity contribution in [2.24, 2.45) is 0 Å². The van der Waals surface area contributed by atoms with Gasteiger partial charge in [0.1, 0.15) is 0 Å². The van der Waals surface area contributed by atoms with Gasteiger partial charge in [0.25, 0.3) is 0 Å². The Morgan fingerprint density at radius 1 is 1.31 bits per heavy atom. The van der Waals surface area contributed by atoms with Crippen molar-refractivity contribution in [2.75, 3.05) is 0 Å². The van der Waals surface area contributed by atoms with Crippen molar-refractivity contribution in [3.05, 3.63) is 10.5 Å². The first-order chi connectivity index (χ1) is 5.99. The number of allylic oxidation sites excluding steroid dienone is 1. The van der Waals surface area contributed by atoms with Crippen LogP contribution in [0.3, 0.4) is 0 Å². The van der Waals surface area contributed by atoms with Gasteiger partial charge in [-0.3, -0.25) is 0 Å². The van der Waals surface area contributed by atoms with Crippen LogP contribution < -0.4 is 0 Å². The predicted octanol–water partition coefficient (Wildman–Crippen LogP) is 3.01. The van der Waals surface area contributed by atoms with E-state index in [4.69, 9.17) is 10.5 Å². The van der Waals surface area contributed by atoms with Crippen LogP contribution in [0.1, 0.15) is 19.3 Å². The molecule has 0 bridgehead atoms. The summed E-state index contributed by atoms with van der Waals surface area (Å²) in [5, 5.41) is 17.2. The molecule has 0 aliphatic carbocycles. The van der Waals surface area contributed by atoms with E-state index in [2.05, 4.69) is 34.3 Å². The van der Waals surface area contributed by atoms with Crippen molar-refractivity contribution in [1.29, 1.82) is 10.5 Å². The second-order valence-corrected chi connectivity index (χ2v) is 14.7. The molecule has 0 saturated heterocycles. The maximum absolute atomic E-state index is 8.82. The van der Waals surface area contributed by atoms with Gasteiger partial charge < -0.3 is 0 Å². The summed E-state index contributed by atoms with van der Waals surface area (Å²) in [5.74, 6) is 6.75. The zero-order chi connectivity index (χ0) is 10.3. The SMILES string of the molecule is [CH3][Ge]([CH3])([CH3])/[CH]=C(\C#N)CCCC#N. The van der Waals surface area contributed by atoms with Crippen molar-refractivity contribution < 1.29 is 0 Å². The van der Waals surface area contributed by atoms with Gasteiger partial charge in [-0.2, -0.15) is 0 Å². The van der Waals surface area contributed by atoms with Crippen LogP contribution >= 0.6 is 0 Å². The second kappa shape index (κ2) is 5.83. The van der Waals surface area contributed by atoms with Crippen LogP contribution in [0.5, 0.6) is 0 Å². The van der Waals surface area contributed by atoms with Crippen molar-refractivity contribution in [3.63, 3.8) is 0 Å². The van der Waals surface area contributed by atoms with Gasteiger partial charge in [-0.05, 0) is 0 Å². The molecule has 0 fully saturated rings. The molecule has 0 amide bonds. The maximum atomic E-state index is 8.82.